The van der Waals surface area contributed by atoms with Gasteiger partial charge in [-0.15, -0.1) is 35.3 Å². The molecule has 0 aliphatic heterocycles. The summed E-state index contributed by atoms with van der Waals surface area (Å²) in [6.07, 6.45) is 4.34. The Kier molecular flexibility index (Phi) is 8.55. The van der Waals surface area contributed by atoms with Crippen LogP contribution in [0.5, 0.6) is 5.88 Å². The van der Waals surface area contributed by atoms with Crippen LogP contribution >= 0.6 is 35.3 Å². The molecule has 0 bridgehead atoms. The highest BCUT2D eigenvalue weighted by Crippen LogP contribution is 2.29. The van der Waals surface area contributed by atoms with Crippen LogP contribution in [0.1, 0.15) is 24.1 Å². The minimum Gasteiger partial charge on any atom is -0.477 e. The van der Waals surface area contributed by atoms with E-state index in [1.807, 2.05) is 31.1 Å². The summed E-state index contributed by atoms with van der Waals surface area (Å²) in [6.45, 7) is 2.06. The van der Waals surface area contributed by atoms with Crippen LogP contribution in [0.4, 0.5) is 5.13 Å². The third-order valence-corrected chi connectivity index (χ3v) is 5.06. The van der Waals surface area contributed by atoms with Gasteiger partial charge in [0.05, 0.1) is 18.8 Å². The van der Waals surface area contributed by atoms with Gasteiger partial charge in [-0.2, -0.15) is 0 Å². The first kappa shape index (κ1) is 21.7. The molecule has 0 aromatic carbocycles. The van der Waals surface area contributed by atoms with E-state index < -0.39 is 0 Å². The number of pyridine rings is 1. The Morgan fingerprint density at radius 2 is 2.11 bits per heavy atom. The molecule has 1 fully saturated rings. The lowest BCUT2D eigenvalue weighted by molar-refractivity contribution is 0.288. The fraction of sp³-hybridized carbons (Fsp3) is 0.500. The lowest BCUT2D eigenvalue weighted by Crippen LogP contribution is -2.36. The van der Waals surface area contributed by atoms with E-state index in [-0.39, 0.29) is 24.0 Å². The molecule has 0 unspecified atom stereocenters. The summed E-state index contributed by atoms with van der Waals surface area (Å²) >= 11 is 1.63. The van der Waals surface area contributed by atoms with Gasteiger partial charge >= 0.3 is 0 Å². The fourth-order valence-electron chi connectivity index (χ4n) is 2.29. The zero-order chi connectivity index (χ0) is 18.4. The van der Waals surface area contributed by atoms with Crippen molar-refractivity contribution in [3.05, 3.63) is 35.0 Å². The number of aromatic nitrogens is 2. The predicted molar refractivity (Wildman–Crippen MR) is 121 cm³/mol. The summed E-state index contributed by atoms with van der Waals surface area (Å²) < 4.78 is 5.73. The van der Waals surface area contributed by atoms with Crippen molar-refractivity contribution in [2.24, 2.45) is 10.9 Å². The number of nitrogens with zero attached hydrogens (tertiary/aromatic N) is 4. The topological polar surface area (TPSA) is 74.7 Å². The number of hydrogen-bond acceptors (Lipinski definition) is 6. The smallest absolute Gasteiger partial charge is 0.213 e. The lowest BCUT2D eigenvalue weighted by atomic mass is 10.2. The third kappa shape index (κ3) is 7.13. The molecule has 0 atom stereocenters. The molecule has 2 heterocycles. The average Bonchev–Trinajstić information content (AvgIpc) is 3.36. The number of nitrogens with one attached hydrogen (secondary N) is 2. The maximum Gasteiger partial charge on any atom is 0.213 e. The lowest BCUT2D eigenvalue weighted by Gasteiger charge is -2.12. The van der Waals surface area contributed by atoms with Crippen molar-refractivity contribution in [2.75, 3.05) is 32.6 Å². The van der Waals surface area contributed by atoms with Gasteiger partial charge in [-0.3, -0.25) is 4.99 Å². The van der Waals surface area contributed by atoms with Gasteiger partial charge in [0, 0.05) is 45.3 Å². The molecule has 7 nitrogen and oxygen atoms in total. The largest absolute Gasteiger partial charge is 0.477 e. The van der Waals surface area contributed by atoms with E-state index in [9.17, 15) is 0 Å². The molecule has 148 valence electrons. The molecule has 27 heavy (non-hydrogen) atoms. The number of guanidine groups is 1. The summed E-state index contributed by atoms with van der Waals surface area (Å²) in [4.78, 5) is 15.1. The Hall–Kier alpha value is -1.62. The molecule has 2 N–H and O–H groups in total. The summed E-state index contributed by atoms with van der Waals surface area (Å²) in [5, 5.41) is 9.66. The highest BCUT2D eigenvalue weighted by molar-refractivity contribution is 14.0. The monoisotopic (exact) mass is 502 g/mol. The maximum absolute atomic E-state index is 5.73. The van der Waals surface area contributed by atoms with Gasteiger partial charge < -0.3 is 20.3 Å². The normalized spacial score (nSPS) is 13.7. The molecule has 2 aromatic rings. The molecule has 1 aliphatic carbocycles. The fourth-order valence-corrected chi connectivity index (χ4v) is 3.05. The summed E-state index contributed by atoms with van der Waals surface area (Å²) in [7, 11) is 5.75. The molecule has 2 aromatic heterocycles. The van der Waals surface area contributed by atoms with Gasteiger partial charge in [-0.05, 0) is 30.4 Å². The number of rotatable bonds is 8. The minimum atomic E-state index is 0. The van der Waals surface area contributed by atoms with Crippen LogP contribution in [0.3, 0.4) is 0 Å². The molecule has 3 rings (SSSR count). The Morgan fingerprint density at radius 1 is 1.33 bits per heavy atom. The van der Waals surface area contributed by atoms with Gasteiger partial charge in [0.25, 0.3) is 0 Å². The molecule has 0 spiro atoms. The molecule has 9 heteroatoms. The first-order valence-corrected chi connectivity index (χ1v) is 9.66. The SMILES string of the molecule is CN=C(NCc1ccnc(OCC2CC2)c1)NCc1csc(N(C)C)n1.I. The summed E-state index contributed by atoms with van der Waals surface area (Å²) in [5.74, 6) is 2.15. The van der Waals surface area contributed by atoms with Crippen molar-refractivity contribution in [3.8, 4) is 5.88 Å². The van der Waals surface area contributed by atoms with E-state index in [4.69, 9.17) is 4.74 Å². The van der Waals surface area contributed by atoms with Crippen molar-refractivity contribution in [1.82, 2.24) is 20.6 Å². The van der Waals surface area contributed by atoms with Crippen LogP contribution in [-0.2, 0) is 13.1 Å². The molecule has 0 saturated heterocycles. The van der Waals surface area contributed by atoms with Gasteiger partial charge in [0.1, 0.15) is 0 Å². The van der Waals surface area contributed by atoms with Crippen molar-refractivity contribution >= 4 is 46.4 Å². The van der Waals surface area contributed by atoms with Crippen LogP contribution in [0, 0.1) is 5.92 Å². The van der Waals surface area contributed by atoms with Gasteiger partial charge in [0.15, 0.2) is 11.1 Å². The van der Waals surface area contributed by atoms with E-state index in [0.717, 1.165) is 34.9 Å². The van der Waals surface area contributed by atoms with Crippen LogP contribution < -0.4 is 20.3 Å². The molecule has 1 aliphatic rings. The van der Waals surface area contributed by atoms with Crippen molar-refractivity contribution < 1.29 is 4.74 Å². The molecule has 0 amide bonds. The van der Waals surface area contributed by atoms with Gasteiger partial charge in [-0.1, -0.05) is 0 Å². The third-order valence-electron chi connectivity index (χ3n) is 4.01. The highest BCUT2D eigenvalue weighted by atomic mass is 127. The van der Waals surface area contributed by atoms with Gasteiger partial charge in [0.2, 0.25) is 5.88 Å². The van der Waals surface area contributed by atoms with Crippen LogP contribution in [-0.4, -0.2) is 43.7 Å². The number of halogens is 1. The first-order valence-electron chi connectivity index (χ1n) is 8.78. The molecular weight excluding hydrogens is 475 g/mol. The second kappa shape index (κ2) is 10.6. The zero-order valence-corrected chi connectivity index (χ0v) is 19.1. The minimum absolute atomic E-state index is 0. The maximum atomic E-state index is 5.73. The van der Waals surface area contributed by atoms with E-state index in [1.54, 1.807) is 24.6 Å². The number of hydrogen-bond donors (Lipinski definition) is 2. The van der Waals surface area contributed by atoms with Crippen LogP contribution in [0.25, 0.3) is 0 Å². The van der Waals surface area contributed by atoms with E-state index >= 15 is 0 Å². The number of ether oxygens (including phenoxy) is 1. The van der Waals surface area contributed by atoms with Crippen LogP contribution in [0.2, 0.25) is 0 Å². The van der Waals surface area contributed by atoms with Gasteiger partial charge in [-0.25, -0.2) is 9.97 Å². The first-order chi connectivity index (χ1) is 12.6. The van der Waals surface area contributed by atoms with E-state index in [0.29, 0.717) is 19.0 Å². The Morgan fingerprint density at radius 3 is 2.78 bits per heavy atom. The standard InChI is InChI=1S/C18H26N6OS.HI/c1-19-17(22-10-15-12-26-18(23-15)24(2)3)21-9-14-6-7-20-16(8-14)25-11-13-4-5-13;/h6-8,12-13H,4-5,9-11H2,1-3H3,(H2,19,21,22);1H. The summed E-state index contributed by atoms with van der Waals surface area (Å²) in [6, 6.07) is 3.96. The average molecular weight is 502 g/mol. The van der Waals surface area contributed by atoms with Crippen molar-refractivity contribution in [1.29, 1.82) is 0 Å². The number of aliphatic imine (C=N–C) groups is 1. The number of anilines is 1. The number of thiazole rings is 1. The Balaban J connectivity index is 0.00000261. The Bertz CT molecular complexity index is 747. The molecule has 1 saturated carbocycles. The second-order valence-corrected chi connectivity index (χ2v) is 7.39. The quantitative estimate of drug-likeness (QED) is 0.329. The predicted octanol–water partition coefficient (Wildman–Crippen LogP) is 2.88. The van der Waals surface area contributed by atoms with Crippen LogP contribution in [0.15, 0.2) is 28.7 Å². The molecular formula is C18H27IN6OS. The second-order valence-electron chi connectivity index (χ2n) is 6.55. The van der Waals surface area contributed by atoms with Crippen molar-refractivity contribution in [3.63, 3.8) is 0 Å². The van der Waals surface area contributed by atoms with Crippen molar-refractivity contribution in [2.45, 2.75) is 25.9 Å². The highest BCUT2D eigenvalue weighted by Gasteiger charge is 2.22. The van der Waals surface area contributed by atoms with E-state index in [1.165, 1.54) is 12.8 Å². The van der Waals surface area contributed by atoms with E-state index in [2.05, 4.69) is 31.0 Å². The zero-order valence-electron chi connectivity index (χ0n) is 15.9. The molecule has 0 radical (unpaired) electrons. The Labute approximate surface area is 181 Å². The summed E-state index contributed by atoms with van der Waals surface area (Å²) in [5.41, 5.74) is 2.11.